The van der Waals surface area contributed by atoms with Gasteiger partial charge in [-0.2, -0.15) is 4.98 Å². The van der Waals surface area contributed by atoms with Crippen molar-refractivity contribution in [1.29, 1.82) is 0 Å². The Labute approximate surface area is 132 Å². The van der Waals surface area contributed by atoms with Gasteiger partial charge in [0.1, 0.15) is 11.9 Å². The number of carboxylic acid groups (broad SMARTS) is 1. The molecule has 1 aliphatic heterocycles. The van der Waals surface area contributed by atoms with Crippen LogP contribution < -0.4 is 20.1 Å². The monoisotopic (exact) mass is 318 g/mol. The molecule has 0 aliphatic carbocycles. The van der Waals surface area contributed by atoms with E-state index < -0.39 is 12.0 Å². The Hall–Kier alpha value is -2.77. The maximum atomic E-state index is 11.4. The van der Waals surface area contributed by atoms with Gasteiger partial charge in [-0.25, -0.2) is 9.78 Å². The van der Waals surface area contributed by atoms with E-state index in [4.69, 9.17) is 15.2 Å². The van der Waals surface area contributed by atoms with Crippen molar-refractivity contribution in [3.8, 4) is 11.5 Å². The van der Waals surface area contributed by atoms with Gasteiger partial charge in [0.05, 0.1) is 19.7 Å². The number of nitrogens with zero attached hydrogens (tertiary/aromatic N) is 3. The molecule has 122 valence electrons. The number of aromatic nitrogens is 2. The molecule has 8 nitrogen and oxygen atoms in total. The molecule has 0 bridgehead atoms. The molecule has 0 unspecified atom stereocenters. The molecule has 0 spiro atoms. The Balaban J connectivity index is 2.12. The molecule has 2 aromatic rings. The third kappa shape index (κ3) is 2.56. The molecule has 2 heterocycles. The number of methoxy groups -OCH3 is 2. The van der Waals surface area contributed by atoms with Crippen LogP contribution in [-0.2, 0) is 4.79 Å². The molecular weight excluding hydrogens is 300 g/mol. The van der Waals surface area contributed by atoms with Gasteiger partial charge in [-0.05, 0) is 18.9 Å². The summed E-state index contributed by atoms with van der Waals surface area (Å²) in [6.45, 7) is 0.592. The number of aliphatic carboxylic acids is 1. The largest absolute Gasteiger partial charge is 0.493 e. The fourth-order valence-electron chi connectivity index (χ4n) is 2.86. The van der Waals surface area contributed by atoms with Crippen molar-refractivity contribution >= 4 is 28.6 Å². The maximum absolute atomic E-state index is 11.4. The number of nitrogen functional groups attached to an aromatic ring is 1. The van der Waals surface area contributed by atoms with Crippen molar-refractivity contribution in [2.45, 2.75) is 18.9 Å². The molecule has 0 amide bonds. The van der Waals surface area contributed by atoms with Crippen molar-refractivity contribution < 1.29 is 19.4 Å². The zero-order valence-electron chi connectivity index (χ0n) is 12.9. The summed E-state index contributed by atoms with van der Waals surface area (Å²) in [4.78, 5) is 21.8. The Morgan fingerprint density at radius 3 is 2.65 bits per heavy atom. The molecule has 1 saturated heterocycles. The highest BCUT2D eigenvalue weighted by atomic mass is 16.5. The van der Waals surface area contributed by atoms with E-state index in [1.165, 1.54) is 14.2 Å². The van der Waals surface area contributed by atoms with E-state index in [1.54, 1.807) is 17.0 Å². The standard InChI is InChI=1S/C15H18N4O4/c1-22-11-6-8-9(7-12(11)23-2)17-15(18-13(8)16)19-5-3-4-10(19)14(20)21/h6-7,10H,3-5H2,1-2H3,(H,20,21)(H2,16,17,18)/t10-/m0/s1. The van der Waals surface area contributed by atoms with E-state index in [2.05, 4.69) is 9.97 Å². The van der Waals surface area contributed by atoms with E-state index in [0.717, 1.165) is 6.42 Å². The zero-order valence-corrected chi connectivity index (χ0v) is 12.9. The fraction of sp³-hybridized carbons (Fsp3) is 0.400. The summed E-state index contributed by atoms with van der Waals surface area (Å²) >= 11 is 0. The Morgan fingerprint density at radius 2 is 2.00 bits per heavy atom. The normalized spacial score (nSPS) is 17.5. The van der Waals surface area contributed by atoms with Crippen molar-refractivity contribution in [2.75, 3.05) is 31.4 Å². The summed E-state index contributed by atoms with van der Waals surface area (Å²) in [5.74, 6) is 0.791. The number of hydrogen-bond donors (Lipinski definition) is 2. The lowest BCUT2D eigenvalue weighted by Crippen LogP contribution is -2.37. The lowest BCUT2D eigenvalue weighted by molar-refractivity contribution is -0.138. The van der Waals surface area contributed by atoms with E-state index in [0.29, 0.717) is 41.3 Å². The minimum Gasteiger partial charge on any atom is -0.493 e. The predicted octanol–water partition coefficient (Wildman–Crippen LogP) is 1.28. The van der Waals surface area contributed by atoms with Crippen LogP contribution in [0.25, 0.3) is 10.9 Å². The van der Waals surface area contributed by atoms with Gasteiger partial charge in [0.2, 0.25) is 5.95 Å². The van der Waals surface area contributed by atoms with Gasteiger partial charge in [0.25, 0.3) is 0 Å². The van der Waals surface area contributed by atoms with Gasteiger partial charge in [-0.15, -0.1) is 0 Å². The number of anilines is 2. The first kappa shape index (κ1) is 15.1. The first-order valence-electron chi connectivity index (χ1n) is 7.24. The SMILES string of the molecule is COc1cc2nc(N3CCC[C@H]3C(=O)O)nc(N)c2cc1OC. The Bertz CT molecular complexity index is 765. The lowest BCUT2D eigenvalue weighted by Gasteiger charge is -2.22. The summed E-state index contributed by atoms with van der Waals surface area (Å²) in [6, 6.07) is 2.81. The fourth-order valence-corrected chi connectivity index (χ4v) is 2.86. The molecular formula is C15H18N4O4. The molecule has 1 atom stereocenters. The molecule has 3 rings (SSSR count). The first-order chi connectivity index (χ1) is 11.0. The number of carbonyl (C=O) groups is 1. The number of carboxylic acids is 1. The minimum atomic E-state index is -0.878. The molecule has 0 radical (unpaired) electrons. The van der Waals surface area contributed by atoms with Crippen LogP contribution >= 0.6 is 0 Å². The highest BCUT2D eigenvalue weighted by molar-refractivity contribution is 5.92. The first-order valence-corrected chi connectivity index (χ1v) is 7.24. The van der Waals surface area contributed by atoms with Gasteiger partial charge in [-0.1, -0.05) is 0 Å². The number of rotatable bonds is 4. The third-order valence-corrected chi connectivity index (χ3v) is 4.01. The van der Waals surface area contributed by atoms with Crippen molar-refractivity contribution in [2.24, 2.45) is 0 Å². The summed E-state index contributed by atoms with van der Waals surface area (Å²) in [5, 5.41) is 9.95. The van der Waals surface area contributed by atoms with Gasteiger partial charge >= 0.3 is 5.97 Å². The average Bonchev–Trinajstić information content (AvgIpc) is 3.03. The average molecular weight is 318 g/mol. The van der Waals surface area contributed by atoms with Crippen molar-refractivity contribution in [1.82, 2.24) is 9.97 Å². The summed E-state index contributed by atoms with van der Waals surface area (Å²) in [6.07, 6.45) is 1.35. The predicted molar refractivity (Wildman–Crippen MR) is 85.1 cm³/mol. The summed E-state index contributed by atoms with van der Waals surface area (Å²) in [7, 11) is 3.08. The molecule has 1 fully saturated rings. The second-order valence-electron chi connectivity index (χ2n) is 5.32. The molecule has 1 aromatic carbocycles. The van der Waals surface area contributed by atoms with Gasteiger partial charge in [0.15, 0.2) is 11.5 Å². The van der Waals surface area contributed by atoms with Crippen LogP contribution in [0.1, 0.15) is 12.8 Å². The number of fused-ring (bicyclic) bond motifs is 1. The molecule has 8 heteroatoms. The van der Waals surface area contributed by atoms with E-state index >= 15 is 0 Å². The third-order valence-electron chi connectivity index (χ3n) is 4.01. The quantitative estimate of drug-likeness (QED) is 0.867. The van der Waals surface area contributed by atoms with Crippen LogP contribution in [0.4, 0.5) is 11.8 Å². The number of nitrogens with two attached hydrogens (primary N) is 1. The smallest absolute Gasteiger partial charge is 0.326 e. The molecule has 23 heavy (non-hydrogen) atoms. The Kier molecular flexibility index (Phi) is 3.81. The number of hydrogen-bond acceptors (Lipinski definition) is 7. The second kappa shape index (κ2) is 5.79. The van der Waals surface area contributed by atoms with Crippen molar-refractivity contribution in [3.63, 3.8) is 0 Å². The van der Waals surface area contributed by atoms with Gasteiger partial charge in [-0.3, -0.25) is 0 Å². The summed E-state index contributed by atoms with van der Waals surface area (Å²) in [5.41, 5.74) is 6.62. The number of benzene rings is 1. The van der Waals surface area contributed by atoms with E-state index in [9.17, 15) is 9.90 Å². The molecule has 0 saturated carbocycles. The topological polar surface area (TPSA) is 111 Å². The van der Waals surface area contributed by atoms with Crippen LogP contribution in [0, 0.1) is 0 Å². The molecule has 3 N–H and O–H groups in total. The minimum absolute atomic E-state index is 0.280. The van der Waals surface area contributed by atoms with Crippen LogP contribution in [-0.4, -0.2) is 47.8 Å². The van der Waals surface area contributed by atoms with Crippen LogP contribution in [0.2, 0.25) is 0 Å². The van der Waals surface area contributed by atoms with E-state index in [-0.39, 0.29) is 5.82 Å². The van der Waals surface area contributed by atoms with Crippen LogP contribution in [0.3, 0.4) is 0 Å². The molecule has 1 aliphatic rings. The summed E-state index contributed by atoms with van der Waals surface area (Å²) < 4.78 is 10.5. The van der Waals surface area contributed by atoms with Crippen molar-refractivity contribution in [3.05, 3.63) is 12.1 Å². The van der Waals surface area contributed by atoms with Gasteiger partial charge in [0, 0.05) is 18.0 Å². The molecule has 1 aromatic heterocycles. The second-order valence-corrected chi connectivity index (χ2v) is 5.32. The number of ether oxygens (including phenoxy) is 2. The van der Waals surface area contributed by atoms with Crippen LogP contribution in [0.5, 0.6) is 11.5 Å². The maximum Gasteiger partial charge on any atom is 0.326 e. The highest BCUT2D eigenvalue weighted by Gasteiger charge is 2.32. The zero-order chi connectivity index (χ0) is 16.6. The Morgan fingerprint density at radius 1 is 1.30 bits per heavy atom. The lowest BCUT2D eigenvalue weighted by atomic mass is 10.2. The highest BCUT2D eigenvalue weighted by Crippen LogP contribution is 2.34. The van der Waals surface area contributed by atoms with E-state index in [1.807, 2.05) is 0 Å². The van der Waals surface area contributed by atoms with Gasteiger partial charge < -0.3 is 25.2 Å². The van der Waals surface area contributed by atoms with Crippen LogP contribution in [0.15, 0.2) is 12.1 Å².